The first kappa shape index (κ1) is 19.2. The number of benzene rings is 3. The van der Waals surface area contributed by atoms with Crippen LogP contribution in [0.15, 0.2) is 66.7 Å². The Kier molecular flexibility index (Phi) is 5.79. The summed E-state index contributed by atoms with van der Waals surface area (Å²) in [5.74, 6) is -3.78. The molecule has 0 spiro atoms. The molecule has 3 aromatic rings. The van der Waals surface area contributed by atoms with Crippen LogP contribution in [-0.2, 0) is 12.8 Å². The number of carbonyl (C=O) groups excluding carboxylic acids is 1. The van der Waals surface area contributed by atoms with E-state index in [0.29, 0.717) is 12.5 Å². The van der Waals surface area contributed by atoms with Crippen molar-refractivity contribution in [3.63, 3.8) is 0 Å². The summed E-state index contributed by atoms with van der Waals surface area (Å²) in [6.07, 6.45) is 1.39. The van der Waals surface area contributed by atoms with Crippen molar-refractivity contribution < 1.29 is 23.5 Å². The highest BCUT2D eigenvalue weighted by atomic mass is 19.1. The molecule has 0 aliphatic heterocycles. The summed E-state index contributed by atoms with van der Waals surface area (Å²) in [6, 6.07) is 16.9. The first-order valence-electron chi connectivity index (χ1n) is 8.60. The molecule has 0 aliphatic rings. The molecule has 2 N–H and O–H groups in total. The monoisotopic (exact) mass is 381 g/mol. The van der Waals surface area contributed by atoms with Crippen LogP contribution in [0.25, 0.3) is 0 Å². The highest BCUT2D eigenvalue weighted by Gasteiger charge is 2.16. The number of aromatic carboxylic acids is 1. The maximum absolute atomic E-state index is 13.3. The van der Waals surface area contributed by atoms with Gasteiger partial charge in [-0.3, -0.25) is 4.79 Å². The molecule has 0 saturated heterocycles. The van der Waals surface area contributed by atoms with Crippen LogP contribution in [0.2, 0.25) is 0 Å². The summed E-state index contributed by atoms with van der Waals surface area (Å²) in [5, 5.41) is 11.8. The molecule has 3 aromatic carbocycles. The fourth-order valence-corrected chi connectivity index (χ4v) is 2.85. The van der Waals surface area contributed by atoms with Gasteiger partial charge in [0.1, 0.15) is 11.6 Å². The SMILES string of the molecule is O=C(Nc1cc(CCc2ccccc2)ccc1C(=O)O)c1cc(F)cc(F)c1. The van der Waals surface area contributed by atoms with E-state index in [1.807, 2.05) is 30.3 Å². The lowest BCUT2D eigenvalue weighted by molar-refractivity contribution is 0.0698. The van der Waals surface area contributed by atoms with E-state index < -0.39 is 23.5 Å². The number of halogens is 2. The van der Waals surface area contributed by atoms with Crippen molar-refractivity contribution in [2.24, 2.45) is 0 Å². The van der Waals surface area contributed by atoms with Crippen LogP contribution in [0.5, 0.6) is 0 Å². The topological polar surface area (TPSA) is 66.4 Å². The quantitative estimate of drug-likeness (QED) is 0.650. The van der Waals surface area contributed by atoms with Gasteiger partial charge in [-0.05, 0) is 48.2 Å². The van der Waals surface area contributed by atoms with Gasteiger partial charge in [0.15, 0.2) is 0 Å². The summed E-state index contributed by atoms with van der Waals surface area (Å²) in [7, 11) is 0. The van der Waals surface area contributed by atoms with Crippen LogP contribution in [-0.4, -0.2) is 17.0 Å². The summed E-state index contributed by atoms with van der Waals surface area (Å²) < 4.78 is 26.7. The summed E-state index contributed by atoms with van der Waals surface area (Å²) in [4.78, 5) is 23.8. The molecule has 0 fully saturated rings. The lowest BCUT2D eigenvalue weighted by Crippen LogP contribution is -2.15. The Morgan fingerprint density at radius 1 is 0.821 bits per heavy atom. The predicted octanol–water partition coefficient (Wildman–Crippen LogP) is 4.70. The van der Waals surface area contributed by atoms with E-state index in [1.165, 1.54) is 6.07 Å². The number of anilines is 1. The average molecular weight is 381 g/mol. The number of carboxylic acid groups (broad SMARTS) is 1. The van der Waals surface area contributed by atoms with E-state index in [0.717, 1.165) is 29.7 Å². The number of hydrogen-bond donors (Lipinski definition) is 2. The van der Waals surface area contributed by atoms with Crippen molar-refractivity contribution in [2.45, 2.75) is 12.8 Å². The van der Waals surface area contributed by atoms with Crippen LogP contribution in [0.1, 0.15) is 31.8 Å². The van der Waals surface area contributed by atoms with Gasteiger partial charge in [-0.1, -0.05) is 36.4 Å². The van der Waals surface area contributed by atoms with Crippen LogP contribution < -0.4 is 5.32 Å². The van der Waals surface area contributed by atoms with Crippen LogP contribution in [0.3, 0.4) is 0 Å². The molecular formula is C22H17F2NO3. The minimum Gasteiger partial charge on any atom is -0.478 e. The molecule has 0 aromatic heterocycles. The molecule has 0 aliphatic carbocycles. The number of carbonyl (C=O) groups is 2. The van der Waals surface area contributed by atoms with Crippen molar-refractivity contribution in [3.05, 3.63) is 101 Å². The zero-order chi connectivity index (χ0) is 20.1. The molecule has 0 radical (unpaired) electrons. The molecule has 0 atom stereocenters. The maximum atomic E-state index is 13.3. The van der Waals surface area contributed by atoms with Crippen LogP contribution in [0, 0.1) is 11.6 Å². The standard InChI is InChI=1S/C22H17F2NO3/c23-17-11-16(12-18(24)13-17)21(26)25-20-10-15(8-9-19(20)22(27)28)7-6-14-4-2-1-3-5-14/h1-5,8-13H,6-7H2,(H,25,26)(H,27,28). The van der Waals surface area contributed by atoms with Crippen molar-refractivity contribution in [1.29, 1.82) is 0 Å². The molecule has 0 saturated carbocycles. The fraction of sp³-hybridized carbons (Fsp3) is 0.0909. The number of hydrogen-bond acceptors (Lipinski definition) is 2. The highest BCUT2D eigenvalue weighted by Crippen LogP contribution is 2.21. The van der Waals surface area contributed by atoms with Gasteiger partial charge in [-0.15, -0.1) is 0 Å². The smallest absolute Gasteiger partial charge is 0.337 e. The van der Waals surface area contributed by atoms with E-state index >= 15 is 0 Å². The molecule has 1 amide bonds. The zero-order valence-electron chi connectivity index (χ0n) is 14.8. The first-order chi connectivity index (χ1) is 13.4. The number of carboxylic acids is 1. The minimum atomic E-state index is -1.21. The van der Waals surface area contributed by atoms with E-state index in [4.69, 9.17) is 0 Å². The Labute approximate surface area is 160 Å². The maximum Gasteiger partial charge on any atom is 0.337 e. The van der Waals surface area contributed by atoms with Gasteiger partial charge < -0.3 is 10.4 Å². The fourth-order valence-electron chi connectivity index (χ4n) is 2.85. The lowest BCUT2D eigenvalue weighted by atomic mass is 10.0. The van der Waals surface area contributed by atoms with Crippen molar-refractivity contribution >= 4 is 17.6 Å². The number of nitrogens with one attached hydrogen (secondary N) is 1. The Morgan fingerprint density at radius 2 is 1.46 bits per heavy atom. The van der Waals surface area contributed by atoms with E-state index in [9.17, 15) is 23.5 Å². The molecule has 28 heavy (non-hydrogen) atoms. The second-order valence-corrected chi connectivity index (χ2v) is 6.28. The summed E-state index contributed by atoms with van der Waals surface area (Å²) in [6.45, 7) is 0. The van der Waals surface area contributed by atoms with Crippen molar-refractivity contribution in [2.75, 3.05) is 5.32 Å². The minimum absolute atomic E-state index is 0.0766. The molecule has 3 rings (SSSR count). The van der Waals surface area contributed by atoms with Crippen LogP contribution >= 0.6 is 0 Å². The highest BCUT2D eigenvalue weighted by molar-refractivity contribution is 6.07. The van der Waals surface area contributed by atoms with E-state index in [1.54, 1.807) is 12.1 Å². The number of rotatable bonds is 6. The second kappa shape index (κ2) is 8.43. The van der Waals surface area contributed by atoms with Gasteiger partial charge in [0.2, 0.25) is 0 Å². The normalized spacial score (nSPS) is 10.5. The lowest BCUT2D eigenvalue weighted by Gasteiger charge is -2.11. The van der Waals surface area contributed by atoms with Gasteiger partial charge in [0.05, 0.1) is 11.3 Å². The second-order valence-electron chi connectivity index (χ2n) is 6.28. The molecule has 4 nitrogen and oxygen atoms in total. The van der Waals surface area contributed by atoms with Crippen LogP contribution in [0.4, 0.5) is 14.5 Å². The van der Waals surface area contributed by atoms with E-state index in [-0.39, 0.29) is 16.8 Å². The van der Waals surface area contributed by atoms with Crippen molar-refractivity contribution in [3.8, 4) is 0 Å². The third-order valence-corrected chi connectivity index (χ3v) is 4.23. The van der Waals surface area contributed by atoms with Gasteiger partial charge in [0, 0.05) is 11.6 Å². The average Bonchev–Trinajstić information content (AvgIpc) is 2.66. The Balaban J connectivity index is 1.83. The molecule has 0 unspecified atom stereocenters. The predicted molar refractivity (Wildman–Crippen MR) is 102 cm³/mol. The number of amides is 1. The zero-order valence-corrected chi connectivity index (χ0v) is 14.8. The van der Waals surface area contributed by atoms with E-state index in [2.05, 4.69) is 5.32 Å². The Morgan fingerprint density at radius 3 is 2.11 bits per heavy atom. The summed E-state index contributed by atoms with van der Waals surface area (Å²) >= 11 is 0. The molecule has 142 valence electrons. The molecular weight excluding hydrogens is 364 g/mol. The molecule has 6 heteroatoms. The molecule has 0 bridgehead atoms. The molecule has 0 heterocycles. The Hall–Kier alpha value is -3.54. The van der Waals surface area contributed by atoms with Crippen molar-refractivity contribution in [1.82, 2.24) is 0 Å². The van der Waals surface area contributed by atoms with Gasteiger partial charge in [-0.25, -0.2) is 13.6 Å². The largest absolute Gasteiger partial charge is 0.478 e. The Bertz CT molecular complexity index is 999. The third kappa shape index (κ3) is 4.79. The van der Waals surface area contributed by atoms with Gasteiger partial charge in [-0.2, -0.15) is 0 Å². The van der Waals surface area contributed by atoms with Gasteiger partial charge in [0.25, 0.3) is 5.91 Å². The van der Waals surface area contributed by atoms with Gasteiger partial charge >= 0.3 is 5.97 Å². The first-order valence-corrected chi connectivity index (χ1v) is 8.60. The third-order valence-electron chi connectivity index (χ3n) is 4.23. The summed E-state index contributed by atoms with van der Waals surface area (Å²) in [5.41, 5.74) is 1.70. The number of aryl methyl sites for hydroxylation is 2.